The molecular weight excluding hydrogens is 156 g/mol. The van der Waals surface area contributed by atoms with Crippen LogP contribution in [-0.4, -0.2) is 0 Å². The topological polar surface area (TPSA) is 0 Å². The van der Waals surface area contributed by atoms with E-state index in [0.717, 1.165) is 0 Å². The van der Waals surface area contributed by atoms with E-state index in [1.54, 1.807) is 0 Å². The molecule has 0 bridgehead atoms. The van der Waals surface area contributed by atoms with E-state index in [0.29, 0.717) is 11.3 Å². The van der Waals surface area contributed by atoms with Gasteiger partial charge in [-0.15, -0.1) is 0 Å². The van der Waals surface area contributed by atoms with E-state index >= 15 is 0 Å². The van der Waals surface area contributed by atoms with E-state index in [9.17, 15) is 0 Å². The second kappa shape index (κ2) is 4.30. The molecule has 0 atom stereocenters. The Bertz CT molecular complexity index is 170. The van der Waals surface area contributed by atoms with Crippen LogP contribution in [0.2, 0.25) is 0 Å². The van der Waals surface area contributed by atoms with Crippen molar-refractivity contribution < 1.29 is 0 Å². The van der Waals surface area contributed by atoms with Gasteiger partial charge in [-0.05, 0) is 30.6 Å². The van der Waals surface area contributed by atoms with Crippen LogP contribution in [-0.2, 0) is 0 Å². The maximum atomic E-state index is 4.21. The molecule has 0 aromatic carbocycles. The highest BCUT2D eigenvalue weighted by atomic mass is 14.4. The zero-order chi connectivity index (χ0) is 9.90. The highest BCUT2D eigenvalue weighted by Gasteiger charge is 2.32. The van der Waals surface area contributed by atoms with Gasteiger partial charge in [0.15, 0.2) is 0 Å². The summed E-state index contributed by atoms with van der Waals surface area (Å²) in [4.78, 5) is 0. The number of rotatable bonds is 4. The first kappa shape index (κ1) is 10.8. The second-order valence-electron chi connectivity index (χ2n) is 5.05. The summed E-state index contributed by atoms with van der Waals surface area (Å²) in [5.74, 6) is 0.670. The summed E-state index contributed by atoms with van der Waals surface area (Å²) in [7, 11) is 0. The van der Waals surface area contributed by atoms with Crippen LogP contribution in [0.4, 0.5) is 0 Å². The van der Waals surface area contributed by atoms with E-state index in [1.807, 2.05) is 0 Å². The summed E-state index contributed by atoms with van der Waals surface area (Å²) < 4.78 is 0. The van der Waals surface area contributed by atoms with E-state index in [4.69, 9.17) is 0 Å². The summed E-state index contributed by atoms with van der Waals surface area (Å²) in [6, 6.07) is 0. The fourth-order valence-electron chi connectivity index (χ4n) is 2.47. The molecule has 0 saturated heterocycles. The Hall–Kier alpha value is -0.260. The summed E-state index contributed by atoms with van der Waals surface area (Å²) >= 11 is 0. The average Bonchev–Trinajstić information content (AvgIpc) is 2.54. The lowest BCUT2D eigenvalue weighted by molar-refractivity contribution is 0.274. The fourth-order valence-corrected chi connectivity index (χ4v) is 2.47. The molecule has 1 fully saturated rings. The molecule has 1 aliphatic carbocycles. The van der Waals surface area contributed by atoms with Crippen molar-refractivity contribution in [2.45, 2.75) is 59.3 Å². The molecule has 0 heteroatoms. The molecule has 0 heterocycles. The molecule has 1 rings (SSSR count). The molecule has 0 aromatic heterocycles. The molecular formula is C13H24. The maximum Gasteiger partial charge on any atom is -0.0263 e. The standard InChI is InChI=1S/C13H24/c1-5-13(8-6-7-9-13)10-12(4)11(2)3/h11H,4-10H2,1-3H3. The molecule has 76 valence electrons. The molecule has 1 aliphatic rings. The lowest BCUT2D eigenvalue weighted by atomic mass is 9.76. The Morgan fingerprint density at radius 1 is 1.31 bits per heavy atom. The summed E-state index contributed by atoms with van der Waals surface area (Å²) in [6.07, 6.45) is 8.39. The average molecular weight is 180 g/mol. The number of allylic oxidation sites excluding steroid dienone is 1. The van der Waals surface area contributed by atoms with Crippen molar-refractivity contribution in [3.8, 4) is 0 Å². The van der Waals surface area contributed by atoms with Crippen LogP contribution in [0.25, 0.3) is 0 Å². The van der Waals surface area contributed by atoms with Gasteiger partial charge in [0.1, 0.15) is 0 Å². The molecule has 0 aliphatic heterocycles. The van der Waals surface area contributed by atoms with E-state index in [2.05, 4.69) is 27.4 Å². The summed E-state index contributed by atoms with van der Waals surface area (Å²) in [5, 5.41) is 0. The van der Waals surface area contributed by atoms with E-state index in [-0.39, 0.29) is 0 Å². The van der Waals surface area contributed by atoms with Crippen LogP contribution < -0.4 is 0 Å². The Morgan fingerprint density at radius 3 is 2.23 bits per heavy atom. The largest absolute Gasteiger partial charge is 0.0996 e. The Labute approximate surface area is 83.4 Å². The summed E-state index contributed by atoms with van der Waals surface area (Å²) in [5.41, 5.74) is 2.10. The van der Waals surface area contributed by atoms with Gasteiger partial charge >= 0.3 is 0 Å². The van der Waals surface area contributed by atoms with Crippen LogP contribution in [0.5, 0.6) is 0 Å². The third-order valence-electron chi connectivity index (χ3n) is 3.83. The molecule has 1 saturated carbocycles. The zero-order valence-electron chi connectivity index (χ0n) is 9.53. The van der Waals surface area contributed by atoms with Gasteiger partial charge in [-0.1, -0.05) is 52.2 Å². The lowest BCUT2D eigenvalue weighted by Crippen LogP contribution is -2.17. The zero-order valence-corrected chi connectivity index (χ0v) is 9.53. The molecule has 13 heavy (non-hydrogen) atoms. The van der Waals surface area contributed by atoms with Gasteiger partial charge in [0.25, 0.3) is 0 Å². The van der Waals surface area contributed by atoms with Crippen molar-refractivity contribution in [2.24, 2.45) is 11.3 Å². The Kier molecular flexibility index (Phi) is 3.58. The number of hydrogen-bond acceptors (Lipinski definition) is 0. The van der Waals surface area contributed by atoms with Crippen molar-refractivity contribution in [2.75, 3.05) is 0 Å². The smallest absolute Gasteiger partial charge is 0.0263 e. The predicted molar refractivity (Wildman–Crippen MR) is 59.8 cm³/mol. The van der Waals surface area contributed by atoms with Crippen LogP contribution >= 0.6 is 0 Å². The van der Waals surface area contributed by atoms with Gasteiger partial charge in [0.05, 0.1) is 0 Å². The van der Waals surface area contributed by atoms with Gasteiger partial charge in [0.2, 0.25) is 0 Å². The first-order valence-corrected chi connectivity index (χ1v) is 5.77. The van der Waals surface area contributed by atoms with E-state index in [1.165, 1.54) is 44.1 Å². The monoisotopic (exact) mass is 180 g/mol. The molecule has 0 spiro atoms. The first-order chi connectivity index (χ1) is 6.09. The minimum atomic E-state index is 0.640. The molecule has 0 amide bonds. The Morgan fingerprint density at radius 2 is 1.85 bits per heavy atom. The fraction of sp³-hybridized carbons (Fsp3) is 0.846. The van der Waals surface area contributed by atoms with E-state index < -0.39 is 0 Å². The van der Waals surface area contributed by atoms with Gasteiger partial charge in [0, 0.05) is 0 Å². The van der Waals surface area contributed by atoms with Gasteiger partial charge in [-0.2, -0.15) is 0 Å². The number of hydrogen-bond donors (Lipinski definition) is 0. The van der Waals surface area contributed by atoms with Gasteiger partial charge < -0.3 is 0 Å². The van der Waals surface area contributed by atoms with Crippen molar-refractivity contribution in [3.05, 3.63) is 12.2 Å². The quantitative estimate of drug-likeness (QED) is 0.556. The SMILES string of the molecule is C=C(CC1(CC)CCCC1)C(C)C. The van der Waals surface area contributed by atoms with Gasteiger partial charge in [-0.3, -0.25) is 0 Å². The normalized spacial score (nSPS) is 20.9. The Balaban J connectivity index is 2.53. The van der Waals surface area contributed by atoms with Crippen molar-refractivity contribution in [1.29, 1.82) is 0 Å². The van der Waals surface area contributed by atoms with Crippen LogP contribution in [0.1, 0.15) is 59.3 Å². The maximum absolute atomic E-state index is 4.21. The molecule has 0 unspecified atom stereocenters. The minimum absolute atomic E-state index is 0.640. The van der Waals surface area contributed by atoms with Gasteiger partial charge in [-0.25, -0.2) is 0 Å². The molecule has 0 N–H and O–H groups in total. The van der Waals surface area contributed by atoms with Crippen molar-refractivity contribution in [1.82, 2.24) is 0 Å². The highest BCUT2D eigenvalue weighted by Crippen LogP contribution is 2.46. The lowest BCUT2D eigenvalue weighted by Gasteiger charge is -2.29. The van der Waals surface area contributed by atoms with Crippen LogP contribution in [0.3, 0.4) is 0 Å². The third kappa shape index (κ3) is 2.59. The summed E-state index contributed by atoms with van der Waals surface area (Å²) in [6.45, 7) is 11.1. The molecule has 0 nitrogen and oxygen atoms in total. The second-order valence-corrected chi connectivity index (χ2v) is 5.05. The molecule has 0 aromatic rings. The van der Waals surface area contributed by atoms with Crippen molar-refractivity contribution >= 4 is 0 Å². The predicted octanol–water partition coefficient (Wildman–Crippen LogP) is 4.56. The molecule has 0 radical (unpaired) electrons. The minimum Gasteiger partial charge on any atom is -0.0996 e. The highest BCUT2D eigenvalue weighted by molar-refractivity contribution is 5.04. The van der Waals surface area contributed by atoms with Crippen LogP contribution in [0, 0.1) is 11.3 Å². The third-order valence-corrected chi connectivity index (χ3v) is 3.83. The van der Waals surface area contributed by atoms with Crippen molar-refractivity contribution in [3.63, 3.8) is 0 Å². The van der Waals surface area contributed by atoms with Crippen LogP contribution in [0.15, 0.2) is 12.2 Å². The first-order valence-electron chi connectivity index (χ1n) is 5.77.